The average molecular weight is 468 g/mol. The quantitative estimate of drug-likeness (QED) is 0.509. The van der Waals surface area contributed by atoms with Crippen LogP contribution >= 0.6 is 11.6 Å². The number of halogens is 2. The van der Waals surface area contributed by atoms with Gasteiger partial charge < -0.3 is 15.4 Å². The summed E-state index contributed by atoms with van der Waals surface area (Å²) in [6.45, 7) is 6.87. The highest BCUT2D eigenvalue weighted by molar-refractivity contribution is 6.33. The molecular weight excluding hydrogens is 441 g/mol. The van der Waals surface area contributed by atoms with Crippen LogP contribution in [-0.4, -0.2) is 46.9 Å². The molecule has 3 atom stereocenters. The second kappa shape index (κ2) is 8.69. The maximum absolute atomic E-state index is 13.1. The van der Waals surface area contributed by atoms with Crippen LogP contribution in [0.25, 0.3) is 0 Å². The summed E-state index contributed by atoms with van der Waals surface area (Å²) in [6.07, 6.45) is 0.693. The maximum atomic E-state index is 13.1. The zero-order valence-corrected chi connectivity index (χ0v) is 19.2. The van der Waals surface area contributed by atoms with Gasteiger partial charge in [0.2, 0.25) is 0 Å². The SMILES string of the molecule is CC1CC(C)(C)CC2(C1)NC(=O)N(CC(=O)OC(C)C(=O)Nc1ccc(F)cc1Cl)C2=O. The van der Waals surface area contributed by atoms with Crippen LogP contribution < -0.4 is 10.6 Å². The van der Waals surface area contributed by atoms with Crippen LogP contribution in [0.5, 0.6) is 0 Å². The molecule has 2 N–H and O–H groups in total. The number of anilines is 1. The Kier molecular flexibility index (Phi) is 6.51. The van der Waals surface area contributed by atoms with E-state index in [4.69, 9.17) is 16.3 Å². The lowest BCUT2D eigenvalue weighted by molar-refractivity contribution is -0.155. The van der Waals surface area contributed by atoms with Gasteiger partial charge in [-0.3, -0.25) is 19.3 Å². The van der Waals surface area contributed by atoms with Gasteiger partial charge in [-0.15, -0.1) is 0 Å². The van der Waals surface area contributed by atoms with Crippen molar-refractivity contribution in [2.75, 3.05) is 11.9 Å². The van der Waals surface area contributed by atoms with Crippen molar-refractivity contribution in [1.82, 2.24) is 10.2 Å². The lowest BCUT2D eigenvalue weighted by Crippen LogP contribution is -2.54. The molecule has 1 aromatic carbocycles. The molecule has 1 saturated carbocycles. The Hall–Kier alpha value is -2.68. The zero-order valence-electron chi connectivity index (χ0n) is 18.5. The van der Waals surface area contributed by atoms with Crippen molar-refractivity contribution in [2.24, 2.45) is 11.3 Å². The molecule has 0 aromatic heterocycles. The van der Waals surface area contributed by atoms with Crippen molar-refractivity contribution in [3.05, 3.63) is 29.0 Å². The largest absolute Gasteiger partial charge is 0.451 e. The molecule has 1 heterocycles. The summed E-state index contributed by atoms with van der Waals surface area (Å²) < 4.78 is 18.2. The average Bonchev–Trinajstić information content (AvgIpc) is 2.85. The predicted molar refractivity (Wildman–Crippen MR) is 115 cm³/mol. The van der Waals surface area contributed by atoms with Crippen molar-refractivity contribution in [3.63, 3.8) is 0 Å². The Morgan fingerprint density at radius 1 is 1.34 bits per heavy atom. The highest BCUT2D eigenvalue weighted by Gasteiger charge is 2.56. The summed E-state index contributed by atoms with van der Waals surface area (Å²) in [5.74, 6) is -2.37. The molecule has 1 aliphatic heterocycles. The molecule has 1 spiro atoms. The van der Waals surface area contributed by atoms with Crippen LogP contribution in [0.15, 0.2) is 18.2 Å². The number of carbonyl (C=O) groups excluding carboxylic acids is 4. The van der Waals surface area contributed by atoms with E-state index in [9.17, 15) is 23.6 Å². The summed E-state index contributed by atoms with van der Waals surface area (Å²) >= 11 is 5.88. The fourth-order valence-electron chi connectivity index (χ4n) is 4.89. The smallest absolute Gasteiger partial charge is 0.327 e. The number of imide groups is 1. The Labute approximate surface area is 190 Å². The van der Waals surface area contributed by atoms with Gasteiger partial charge in [-0.2, -0.15) is 0 Å². The predicted octanol–water partition coefficient (Wildman–Crippen LogP) is 3.49. The van der Waals surface area contributed by atoms with Crippen LogP contribution in [0.1, 0.15) is 47.0 Å². The number of benzene rings is 1. The van der Waals surface area contributed by atoms with E-state index < -0.39 is 47.8 Å². The minimum Gasteiger partial charge on any atom is -0.451 e. The molecular formula is C22H27ClFN3O5. The molecule has 174 valence electrons. The Morgan fingerprint density at radius 2 is 2.03 bits per heavy atom. The number of carbonyl (C=O) groups is 4. The van der Waals surface area contributed by atoms with Gasteiger partial charge in [-0.25, -0.2) is 9.18 Å². The third-order valence-electron chi connectivity index (χ3n) is 5.78. The van der Waals surface area contributed by atoms with E-state index in [0.29, 0.717) is 12.8 Å². The first-order valence-corrected chi connectivity index (χ1v) is 10.8. The molecule has 2 aliphatic rings. The molecule has 1 saturated heterocycles. The van der Waals surface area contributed by atoms with Crippen LogP contribution in [0.3, 0.4) is 0 Å². The van der Waals surface area contributed by atoms with Gasteiger partial charge in [0.25, 0.3) is 11.8 Å². The molecule has 1 aromatic rings. The van der Waals surface area contributed by atoms with E-state index in [0.717, 1.165) is 23.5 Å². The van der Waals surface area contributed by atoms with Crippen molar-refractivity contribution in [2.45, 2.75) is 58.6 Å². The molecule has 0 bridgehead atoms. The highest BCUT2D eigenvalue weighted by Crippen LogP contribution is 2.46. The van der Waals surface area contributed by atoms with Gasteiger partial charge >= 0.3 is 12.0 Å². The number of rotatable bonds is 5. The zero-order chi connectivity index (χ0) is 23.8. The minimum atomic E-state index is -1.23. The third kappa shape index (κ3) is 5.03. The lowest BCUT2D eigenvalue weighted by atomic mass is 9.64. The van der Waals surface area contributed by atoms with E-state index in [1.165, 1.54) is 13.0 Å². The number of hydrogen-bond donors (Lipinski definition) is 2. The van der Waals surface area contributed by atoms with Crippen LogP contribution in [0.4, 0.5) is 14.9 Å². The number of nitrogens with one attached hydrogen (secondary N) is 2. The first kappa shape index (κ1) is 24.0. The molecule has 10 heteroatoms. The summed E-state index contributed by atoms with van der Waals surface area (Å²) in [6, 6.07) is 2.80. The minimum absolute atomic E-state index is 0.00820. The Bertz CT molecular complexity index is 969. The first-order chi connectivity index (χ1) is 14.8. The van der Waals surface area contributed by atoms with Crippen molar-refractivity contribution >= 4 is 41.1 Å². The standard InChI is InChI=1S/C22H27ClFN3O5/c1-12-8-21(3,4)11-22(9-12)19(30)27(20(31)26-22)10-17(28)32-13(2)18(29)25-16-6-5-14(24)7-15(16)23/h5-7,12-13H,8-11H2,1-4H3,(H,25,29)(H,26,31). The molecule has 2 fully saturated rings. The molecule has 1 aliphatic carbocycles. The topological polar surface area (TPSA) is 105 Å². The lowest BCUT2D eigenvalue weighted by Gasteiger charge is -2.43. The molecule has 3 unspecified atom stereocenters. The second-order valence-corrected chi connectivity index (χ2v) is 9.91. The summed E-state index contributed by atoms with van der Waals surface area (Å²) in [5, 5.41) is 5.22. The monoisotopic (exact) mass is 467 g/mol. The summed E-state index contributed by atoms with van der Waals surface area (Å²) in [7, 11) is 0. The second-order valence-electron chi connectivity index (χ2n) is 9.50. The Morgan fingerprint density at radius 3 is 2.66 bits per heavy atom. The normalized spacial score (nSPS) is 25.4. The van der Waals surface area contributed by atoms with Crippen molar-refractivity contribution in [1.29, 1.82) is 0 Å². The number of amides is 4. The van der Waals surface area contributed by atoms with Crippen molar-refractivity contribution < 1.29 is 28.3 Å². The Balaban J connectivity index is 1.61. The first-order valence-electron chi connectivity index (χ1n) is 10.4. The van der Waals surface area contributed by atoms with Gasteiger partial charge in [-0.05, 0) is 55.7 Å². The maximum Gasteiger partial charge on any atom is 0.327 e. The van der Waals surface area contributed by atoms with Gasteiger partial charge in [0.1, 0.15) is 17.9 Å². The molecule has 3 rings (SSSR count). The number of nitrogens with zero attached hydrogens (tertiary/aromatic N) is 1. The van der Waals surface area contributed by atoms with E-state index in [-0.39, 0.29) is 22.0 Å². The number of esters is 1. The van der Waals surface area contributed by atoms with E-state index in [1.807, 2.05) is 6.92 Å². The highest BCUT2D eigenvalue weighted by atomic mass is 35.5. The van der Waals surface area contributed by atoms with E-state index >= 15 is 0 Å². The van der Waals surface area contributed by atoms with Gasteiger partial charge in [0.15, 0.2) is 6.10 Å². The van der Waals surface area contributed by atoms with Gasteiger partial charge in [0.05, 0.1) is 10.7 Å². The van der Waals surface area contributed by atoms with Gasteiger partial charge in [0, 0.05) is 0 Å². The number of ether oxygens (including phenoxy) is 1. The molecule has 32 heavy (non-hydrogen) atoms. The molecule has 0 radical (unpaired) electrons. The van der Waals surface area contributed by atoms with Crippen LogP contribution in [-0.2, 0) is 19.1 Å². The van der Waals surface area contributed by atoms with Crippen LogP contribution in [0, 0.1) is 17.2 Å². The number of hydrogen-bond acceptors (Lipinski definition) is 5. The summed E-state index contributed by atoms with van der Waals surface area (Å²) in [5.41, 5.74) is -1.00. The van der Waals surface area contributed by atoms with Crippen molar-refractivity contribution in [3.8, 4) is 0 Å². The van der Waals surface area contributed by atoms with E-state index in [1.54, 1.807) is 0 Å². The molecule has 4 amide bonds. The fraction of sp³-hybridized carbons (Fsp3) is 0.545. The number of urea groups is 1. The third-order valence-corrected chi connectivity index (χ3v) is 6.09. The van der Waals surface area contributed by atoms with E-state index in [2.05, 4.69) is 24.5 Å². The molecule has 8 nitrogen and oxygen atoms in total. The van der Waals surface area contributed by atoms with Crippen LogP contribution in [0.2, 0.25) is 5.02 Å². The summed E-state index contributed by atoms with van der Waals surface area (Å²) in [4.78, 5) is 51.1. The fourth-order valence-corrected chi connectivity index (χ4v) is 5.11. The van der Waals surface area contributed by atoms with Gasteiger partial charge in [-0.1, -0.05) is 32.4 Å².